The molecule has 32 heavy (non-hydrogen) atoms. The van der Waals surface area contributed by atoms with Crippen LogP contribution in [0.15, 0.2) is 82.9 Å². The van der Waals surface area contributed by atoms with Crippen LogP contribution in [0.2, 0.25) is 0 Å². The van der Waals surface area contributed by atoms with E-state index in [0.717, 1.165) is 17.2 Å². The van der Waals surface area contributed by atoms with Gasteiger partial charge in [-0.15, -0.1) is 4.48 Å². The van der Waals surface area contributed by atoms with Crippen molar-refractivity contribution in [1.82, 2.24) is 10.2 Å². The summed E-state index contributed by atoms with van der Waals surface area (Å²) in [5, 5.41) is 13.8. The topological polar surface area (TPSA) is 78.9 Å². The first-order valence-electron chi connectivity index (χ1n) is 10.9. The van der Waals surface area contributed by atoms with Crippen molar-refractivity contribution >= 4 is 11.9 Å². The maximum absolute atomic E-state index is 15.3. The van der Waals surface area contributed by atoms with Crippen molar-refractivity contribution in [2.24, 2.45) is 5.92 Å². The van der Waals surface area contributed by atoms with Crippen LogP contribution in [-0.4, -0.2) is 64.7 Å². The quantitative estimate of drug-likeness (QED) is 0.616. The second-order valence-corrected chi connectivity index (χ2v) is 8.76. The Kier molecular flexibility index (Phi) is 4.18. The molecule has 0 aromatic rings. The molecule has 2 N–H and O–H groups in total. The van der Waals surface area contributed by atoms with E-state index in [1.807, 2.05) is 35.3 Å². The molecule has 3 aliphatic carbocycles. The molecule has 2 fully saturated rings. The van der Waals surface area contributed by atoms with Gasteiger partial charge in [-0.25, -0.2) is 4.39 Å². The first-order chi connectivity index (χ1) is 15.5. The average molecular weight is 436 g/mol. The van der Waals surface area contributed by atoms with E-state index in [1.54, 1.807) is 12.3 Å². The molecule has 4 atom stereocenters. The molecule has 0 saturated carbocycles. The number of rotatable bonds is 1. The van der Waals surface area contributed by atoms with Gasteiger partial charge in [0.2, 0.25) is 11.8 Å². The number of ketones is 1. The summed E-state index contributed by atoms with van der Waals surface area (Å²) >= 11 is 0. The van der Waals surface area contributed by atoms with Crippen molar-refractivity contribution < 1.29 is 28.3 Å². The highest BCUT2D eigenvalue weighted by molar-refractivity contribution is 5.99. The van der Waals surface area contributed by atoms with E-state index in [2.05, 4.69) is 5.32 Å². The molecule has 8 heteroatoms. The molecule has 6 rings (SSSR count). The van der Waals surface area contributed by atoms with E-state index < -0.39 is 34.3 Å². The molecule has 0 radical (unpaired) electrons. The number of fused-ring (bicyclic) bond motifs is 4. The number of carbonyl (C=O) groups is 2. The largest absolute Gasteiger partial charge is 0.524 e. The number of nitrogens with one attached hydrogen (secondary N) is 1. The molecule has 3 aliphatic heterocycles. The number of allylic oxidation sites excluding steroid dienone is 7. The number of carbonyl (C=O) groups excluding carboxylic acids is 1. The lowest BCUT2D eigenvalue weighted by Gasteiger charge is -2.50. The predicted molar refractivity (Wildman–Crippen MR) is 113 cm³/mol. The fourth-order valence-corrected chi connectivity index (χ4v) is 5.78. The number of morpholine rings is 1. The van der Waals surface area contributed by atoms with Crippen LogP contribution in [0.4, 0.5) is 9.18 Å². The Balaban J connectivity index is 1.62. The maximum atomic E-state index is 15.3. The van der Waals surface area contributed by atoms with E-state index in [0.29, 0.717) is 38.3 Å². The number of ether oxygens (including phenoxy) is 1. The number of halogens is 1. The number of piperazine rings is 1. The summed E-state index contributed by atoms with van der Waals surface area (Å²) in [6.45, 7) is 2.43. The molecule has 0 aromatic heterocycles. The molecular formula is C24H23FN3O4+. The summed E-state index contributed by atoms with van der Waals surface area (Å²) in [7, 11) is 0. The van der Waals surface area contributed by atoms with E-state index in [9.17, 15) is 14.7 Å². The zero-order valence-electron chi connectivity index (χ0n) is 17.3. The van der Waals surface area contributed by atoms with E-state index in [4.69, 9.17) is 4.74 Å². The number of amides is 1. The van der Waals surface area contributed by atoms with Crippen molar-refractivity contribution in [1.29, 1.82) is 0 Å². The highest BCUT2D eigenvalue weighted by Crippen LogP contribution is 2.52. The van der Waals surface area contributed by atoms with Gasteiger partial charge in [0.1, 0.15) is 11.9 Å². The zero-order chi connectivity index (χ0) is 22.0. The van der Waals surface area contributed by atoms with Gasteiger partial charge in [0.05, 0.1) is 0 Å². The summed E-state index contributed by atoms with van der Waals surface area (Å²) in [6, 6.07) is -1.19. The van der Waals surface area contributed by atoms with Gasteiger partial charge < -0.3 is 20.1 Å². The van der Waals surface area contributed by atoms with Gasteiger partial charge in [-0.3, -0.25) is 4.79 Å². The second kappa shape index (κ2) is 6.88. The van der Waals surface area contributed by atoms with E-state index in [-0.39, 0.29) is 17.4 Å². The second-order valence-electron chi connectivity index (χ2n) is 8.76. The summed E-state index contributed by atoms with van der Waals surface area (Å²) in [4.78, 5) is 28.0. The molecule has 7 nitrogen and oxygen atoms in total. The van der Waals surface area contributed by atoms with Gasteiger partial charge in [0.25, 0.3) is 0 Å². The number of hydrogen-bond donors (Lipinski definition) is 2. The third-order valence-electron chi connectivity index (χ3n) is 7.10. The zero-order valence-corrected chi connectivity index (χ0v) is 17.3. The molecule has 0 aromatic carbocycles. The molecular weight excluding hydrogens is 413 g/mol. The average Bonchev–Trinajstić information content (AvgIpc) is 2.79. The van der Waals surface area contributed by atoms with Gasteiger partial charge in [-0.2, -0.15) is 4.79 Å². The van der Waals surface area contributed by atoms with Crippen LogP contribution in [0, 0.1) is 5.92 Å². The lowest BCUT2D eigenvalue weighted by atomic mass is 9.76. The first-order valence-corrected chi connectivity index (χ1v) is 10.9. The number of hydrogen-bond acceptors (Lipinski definition) is 5. The van der Waals surface area contributed by atoms with Crippen LogP contribution in [0.5, 0.6) is 0 Å². The highest BCUT2D eigenvalue weighted by Gasteiger charge is 2.64. The molecule has 1 amide bonds. The minimum atomic E-state index is -1.19. The normalized spacial score (nSPS) is 35.0. The van der Waals surface area contributed by atoms with Gasteiger partial charge in [0.15, 0.2) is 23.4 Å². The SMILES string of the molecule is O=C1C=C(F)C(N2CCNCC2)=C2OC3C4=C(C=C5C=CC=CC53)CC=C[N+]4(C(=O)O)C12. The van der Waals surface area contributed by atoms with Crippen LogP contribution in [-0.2, 0) is 9.53 Å². The fraction of sp³-hybridized carbons (Fsp3) is 0.333. The van der Waals surface area contributed by atoms with Gasteiger partial charge in [-0.1, -0.05) is 24.3 Å². The van der Waals surface area contributed by atoms with Crippen LogP contribution in [0.25, 0.3) is 0 Å². The third kappa shape index (κ3) is 2.47. The van der Waals surface area contributed by atoms with Crippen molar-refractivity contribution in [2.45, 2.75) is 18.6 Å². The Morgan fingerprint density at radius 2 is 2.06 bits per heavy atom. The first kappa shape index (κ1) is 19.5. The van der Waals surface area contributed by atoms with Gasteiger partial charge in [0, 0.05) is 50.2 Å². The Morgan fingerprint density at radius 1 is 1.25 bits per heavy atom. The Labute approximate surface area is 184 Å². The third-order valence-corrected chi connectivity index (χ3v) is 7.10. The molecule has 4 unspecified atom stereocenters. The lowest BCUT2D eigenvalue weighted by molar-refractivity contribution is -0.793. The molecule has 6 aliphatic rings. The molecule has 164 valence electrons. The van der Waals surface area contributed by atoms with Crippen molar-refractivity contribution in [2.75, 3.05) is 26.2 Å². The van der Waals surface area contributed by atoms with E-state index in [1.165, 1.54) is 0 Å². The number of nitrogens with zero attached hydrogens (tertiary/aromatic N) is 2. The summed E-state index contributed by atoms with van der Waals surface area (Å²) in [5.74, 6) is -1.33. The molecule has 0 spiro atoms. The minimum absolute atomic E-state index is 0.128. The Hall–Kier alpha value is -3.23. The van der Waals surface area contributed by atoms with Crippen molar-refractivity contribution in [3.63, 3.8) is 0 Å². The predicted octanol–water partition coefficient (Wildman–Crippen LogP) is 2.66. The monoisotopic (exact) mass is 436 g/mol. The molecule has 2 saturated heterocycles. The Bertz CT molecular complexity index is 1150. The smallest absolute Gasteiger partial charge is 0.474 e. The van der Waals surface area contributed by atoms with Gasteiger partial charge >= 0.3 is 6.09 Å². The summed E-state index contributed by atoms with van der Waals surface area (Å²) in [6.07, 6.45) is 12.9. The maximum Gasteiger partial charge on any atom is 0.524 e. The van der Waals surface area contributed by atoms with Crippen molar-refractivity contribution in [3.05, 3.63) is 82.9 Å². The van der Waals surface area contributed by atoms with E-state index >= 15 is 4.39 Å². The number of quaternary nitrogens is 1. The standard InChI is InChI=1S/C24H22FN3O4/c25-17-13-18(29)21-23(19(17)27-9-7-26-8-10-27)32-22-16-6-2-1-4-14(16)12-15-5-3-11-28(21,20(15)22)24(30)31/h1-4,6,11-13,16,21-22,26H,5,7-10H2/p+1. The van der Waals surface area contributed by atoms with Crippen LogP contribution in [0.1, 0.15) is 6.42 Å². The highest BCUT2D eigenvalue weighted by atomic mass is 19.1. The van der Waals surface area contributed by atoms with Crippen LogP contribution < -0.4 is 5.32 Å². The van der Waals surface area contributed by atoms with Crippen molar-refractivity contribution in [3.8, 4) is 0 Å². The van der Waals surface area contributed by atoms with Crippen LogP contribution >= 0.6 is 0 Å². The lowest BCUT2D eigenvalue weighted by Crippen LogP contribution is -2.66. The fourth-order valence-electron chi connectivity index (χ4n) is 5.78. The van der Waals surface area contributed by atoms with Gasteiger partial charge in [-0.05, 0) is 17.7 Å². The summed E-state index contributed by atoms with van der Waals surface area (Å²) < 4.78 is 21.1. The molecule has 0 bridgehead atoms. The van der Waals surface area contributed by atoms with Crippen LogP contribution in [0.3, 0.4) is 0 Å². The Morgan fingerprint density at radius 3 is 2.84 bits per heavy atom. The minimum Gasteiger partial charge on any atom is -0.474 e. The summed E-state index contributed by atoms with van der Waals surface area (Å²) in [5.41, 5.74) is 2.64. The molecule has 3 heterocycles. The number of carboxylic acid groups (broad SMARTS) is 1.